The van der Waals surface area contributed by atoms with Crippen LogP contribution >= 0.6 is 0 Å². The summed E-state index contributed by atoms with van der Waals surface area (Å²) in [5.74, 6) is -2.16. The molecule has 0 aliphatic heterocycles. The molecule has 18 heavy (non-hydrogen) atoms. The Labute approximate surface area is 102 Å². The molecule has 2 aromatic carbocycles. The Bertz CT molecular complexity index is 599. The van der Waals surface area contributed by atoms with Gasteiger partial charge in [0.1, 0.15) is 17.1 Å². The summed E-state index contributed by atoms with van der Waals surface area (Å²) in [6.07, 6.45) is 0. The number of rotatable bonds is 2. The fraction of sp³-hybridized carbons (Fsp3) is 0. The van der Waals surface area contributed by atoms with Crippen molar-refractivity contribution in [3.05, 3.63) is 47.5 Å². The van der Waals surface area contributed by atoms with Gasteiger partial charge in [0.05, 0.1) is 0 Å². The largest absolute Gasteiger partial charge is 0.507 e. The quantitative estimate of drug-likeness (QED) is 0.478. The molecule has 0 radical (unpaired) electrons. The first-order valence-corrected chi connectivity index (χ1v) is 5.08. The molecule has 92 valence electrons. The lowest BCUT2D eigenvalue weighted by molar-refractivity contribution is 0.103. The first-order valence-electron chi connectivity index (χ1n) is 5.08. The highest BCUT2D eigenvalue weighted by Gasteiger charge is 2.18. The number of aromatic hydroxyl groups is 4. The Morgan fingerprint density at radius 3 is 1.94 bits per heavy atom. The monoisotopic (exact) mass is 246 g/mol. The number of carbonyl (C=O) groups is 1. The Hall–Kier alpha value is -2.69. The number of hydrogen-bond donors (Lipinski definition) is 4. The van der Waals surface area contributed by atoms with Crippen LogP contribution in [0.3, 0.4) is 0 Å². The first kappa shape index (κ1) is 11.8. The average molecular weight is 246 g/mol. The van der Waals surface area contributed by atoms with Crippen LogP contribution in [0.15, 0.2) is 36.4 Å². The summed E-state index contributed by atoms with van der Waals surface area (Å²) in [7, 11) is 0. The van der Waals surface area contributed by atoms with Crippen LogP contribution in [0, 0.1) is 0 Å². The Balaban J connectivity index is 2.51. The van der Waals surface area contributed by atoms with E-state index in [9.17, 15) is 20.1 Å². The topological polar surface area (TPSA) is 98.0 Å². The number of hydrogen-bond acceptors (Lipinski definition) is 5. The highest BCUT2D eigenvalue weighted by atomic mass is 16.3. The van der Waals surface area contributed by atoms with Crippen LogP contribution in [0.5, 0.6) is 23.0 Å². The van der Waals surface area contributed by atoms with E-state index in [1.165, 1.54) is 24.3 Å². The van der Waals surface area contributed by atoms with Gasteiger partial charge in [0.25, 0.3) is 0 Å². The molecule has 0 fully saturated rings. The van der Waals surface area contributed by atoms with Gasteiger partial charge in [-0.3, -0.25) is 4.79 Å². The van der Waals surface area contributed by atoms with Crippen LogP contribution in [0.2, 0.25) is 0 Å². The van der Waals surface area contributed by atoms with Gasteiger partial charge in [0.15, 0.2) is 11.5 Å². The van der Waals surface area contributed by atoms with Gasteiger partial charge in [-0.05, 0) is 30.3 Å². The summed E-state index contributed by atoms with van der Waals surface area (Å²) in [6.45, 7) is 0. The summed E-state index contributed by atoms with van der Waals surface area (Å²) in [5.41, 5.74) is -0.204. The Morgan fingerprint density at radius 1 is 0.778 bits per heavy atom. The lowest BCUT2D eigenvalue weighted by atomic mass is 10.0. The van der Waals surface area contributed by atoms with E-state index in [0.717, 1.165) is 12.1 Å². The number of phenolic OH excluding ortho intramolecular Hbond substituents is 4. The molecule has 0 unspecified atom stereocenters. The van der Waals surface area contributed by atoms with E-state index in [0.29, 0.717) is 0 Å². The van der Waals surface area contributed by atoms with Crippen molar-refractivity contribution < 1.29 is 25.2 Å². The summed E-state index contributed by atoms with van der Waals surface area (Å²) in [6, 6.07) is 7.43. The molecule has 0 aliphatic rings. The fourth-order valence-corrected chi connectivity index (χ4v) is 1.57. The molecule has 0 saturated carbocycles. The summed E-state index contributed by atoms with van der Waals surface area (Å²) >= 11 is 0. The van der Waals surface area contributed by atoms with Crippen molar-refractivity contribution in [2.45, 2.75) is 0 Å². The standard InChI is InChI=1S/C13H10O5/c14-8-5-4-7(6-11(8)17)13(18)12-9(15)2-1-3-10(12)16/h1-6,14-17H. The van der Waals surface area contributed by atoms with Crippen molar-refractivity contribution in [3.8, 4) is 23.0 Å². The van der Waals surface area contributed by atoms with Gasteiger partial charge in [-0.15, -0.1) is 0 Å². The number of phenols is 4. The van der Waals surface area contributed by atoms with Gasteiger partial charge in [0, 0.05) is 5.56 Å². The van der Waals surface area contributed by atoms with E-state index in [4.69, 9.17) is 5.11 Å². The van der Waals surface area contributed by atoms with E-state index >= 15 is 0 Å². The van der Waals surface area contributed by atoms with Crippen LogP contribution in [-0.4, -0.2) is 26.2 Å². The number of ketones is 1. The summed E-state index contributed by atoms with van der Waals surface area (Å²) in [4.78, 5) is 12.0. The zero-order valence-corrected chi connectivity index (χ0v) is 9.16. The van der Waals surface area contributed by atoms with Crippen molar-refractivity contribution in [2.24, 2.45) is 0 Å². The maximum Gasteiger partial charge on any atom is 0.200 e. The van der Waals surface area contributed by atoms with Gasteiger partial charge in [-0.25, -0.2) is 0 Å². The molecule has 0 aromatic heterocycles. The second kappa shape index (κ2) is 4.29. The third kappa shape index (κ3) is 1.93. The molecule has 0 heterocycles. The fourth-order valence-electron chi connectivity index (χ4n) is 1.57. The smallest absolute Gasteiger partial charge is 0.200 e. The van der Waals surface area contributed by atoms with Gasteiger partial charge < -0.3 is 20.4 Å². The van der Waals surface area contributed by atoms with Crippen LogP contribution in [0.25, 0.3) is 0 Å². The highest BCUT2D eigenvalue weighted by Crippen LogP contribution is 2.31. The second-order valence-corrected chi connectivity index (χ2v) is 3.70. The molecule has 0 bridgehead atoms. The molecule has 4 N–H and O–H groups in total. The molecule has 0 amide bonds. The van der Waals surface area contributed by atoms with E-state index < -0.39 is 11.5 Å². The van der Waals surface area contributed by atoms with Crippen LogP contribution in [0.1, 0.15) is 15.9 Å². The minimum atomic E-state index is -0.652. The van der Waals surface area contributed by atoms with Crippen molar-refractivity contribution in [1.82, 2.24) is 0 Å². The molecule has 5 heteroatoms. The molecule has 2 rings (SSSR count). The molecule has 0 aliphatic carbocycles. The average Bonchev–Trinajstić information content (AvgIpc) is 2.32. The Kier molecular flexibility index (Phi) is 2.81. The normalized spacial score (nSPS) is 10.2. The van der Waals surface area contributed by atoms with Crippen molar-refractivity contribution in [1.29, 1.82) is 0 Å². The van der Waals surface area contributed by atoms with Gasteiger partial charge in [-0.2, -0.15) is 0 Å². The third-order valence-corrected chi connectivity index (χ3v) is 2.49. The highest BCUT2D eigenvalue weighted by molar-refractivity contribution is 6.12. The molecule has 5 nitrogen and oxygen atoms in total. The van der Waals surface area contributed by atoms with Gasteiger partial charge >= 0.3 is 0 Å². The summed E-state index contributed by atoms with van der Waals surface area (Å²) < 4.78 is 0. The summed E-state index contributed by atoms with van der Waals surface area (Å²) in [5, 5.41) is 37.6. The number of benzene rings is 2. The SMILES string of the molecule is O=C(c1ccc(O)c(O)c1)c1c(O)cccc1O. The number of carbonyl (C=O) groups excluding carboxylic acids is 1. The maximum atomic E-state index is 12.0. The molecular formula is C13H10O5. The van der Waals surface area contributed by atoms with E-state index in [2.05, 4.69) is 0 Å². The minimum Gasteiger partial charge on any atom is -0.507 e. The lowest BCUT2D eigenvalue weighted by Gasteiger charge is -2.07. The lowest BCUT2D eigenvalue weighted by Crippen LogP contribution is -2.02. The van der Waals surface area contributed by atoms with E-state index in [-0.39, 0.29) is 28.4 Å². The zero-order valence-electron chi connectivity index (χ0n) is 9.16. The maximum absolute atomic E-state index is 12.0. The van der Waals surface area contributed by atoms with Gasteiger partial charge in [0.2, 0.25) is 5.78 Å². The van der Waals surface area contributed by atoms with Crippen molar-refractivity contribution in [2.75, 3.05) is 0 Å². The van der Waals surface area contributed by atoms with Crippen LogP contribution < -0.4 is 0 Å². The minimum absolute atomic E-state index is 0.0436. The van der Waals surface area contributed by atoms with Crippen LogP contribution in [0.4, 0.5) is 0 Å². The van der Waals surface area contributed by atoms with Gasteiger partial charge in [-0.1, -0.05) is 6.07 Å². The van der Waals surface area contributed by atoms with E-state index in [1.807, 2.05) is 0 Å². The Morgan fingerprint density at radius 2 is 1.39 bits per heavy atom. The predicted octanol–water partition coefficient (Wildman–Crippen LogP) is 1.74. The first-order chi connectivity index (χ1) is 8.50. The van der Waals surface area contributed by atoms with Crippen molar-refractivity contribution >= 4 is 5.78 Å². The molecule has 0 atom stereocenters. The molecule has 0 spiro atoms. The molecule has 2 aromatic rings. The molecule has 0 saturated heterocycles. The molecular weight excluding hydrogens is 236 g/mol. The van der Waals surface area contributed by atoms with Crippen molar-refractivity contribution in [3.63, 3.8) is 0 Å². The van der Waals surface area contributed by atoms with Crippen LogP contribution in [-0.2, 0) is 0 Å². The third-order valence-electron chi connectivity index (χ3n) is 2.49. The van der Waals surface area contributed by atoms with E-state index in [1.54, 1.807) is 0 Å². The predicted molar refractivity (Wildman–Crippen MR) is 63.0 cm³/mol. The second-order valence-electron chi connectivity index (χ2n) is 3.70. The zero-order chi connectivity index (χ0) is 13.3.